The zero-order valence-electron chi connectivity index (χ0n) is 11.7. The molecule has 102 valence electrons. The first kappa shape index (κ1) is 12.7. The molecule has 0 aromatic heterocycles. The standard InChI is InChI=1S/C17H28O/c1-2-3-4-5-6-18-13-17-10-14-7-15(11-17)9-16(8-14)12-17/h2,14-16H,1,3-13H2. The van der Waals surface area contributed by atoms with Crippen LogP contribution >= 0.6 is 0 Å². The SMILES string of the molecule is C=CCCCCOCC12CC3CC(CC(C3)C1)C2. The van der Waals surface area contributed by atoms with E-state index in [9.17, 15) is 0 Å². The number of allylic oxidation sites excluding steroid dienone is 1. The molecule has 4 saturated carbocycles. The maximum Gasteiger partial charge on any atom is 0.0522 e. The van der Waals surface area contributed by atoms with Crippen molar-refractivity contribution in [1.82, 2.24) is 0 Å². The third-order valence-corrected chi connectivity index (χ3v) is 5.52. The molecule has 0 atom stereocenters. The van der Waals surface area contributed by atoms with E-state index in [1.54, 1.807) is 0 Å². The zero-order chi connectivity index (χ0) is 12.4. The van der Waals surface area contributed by atoms with Gasteiger partial charge in [0.1, 0.15) is 0 Å². The Morgan fingerprint density at radius 2 is 1.61 bits per heavy atom. The van der Waals surface area contributed by atoms with Gasteiger partial charge in [-0.1, -0.05) is 6.08 Å². The maximum atomic E-state index is 6.03. The third kappa shape index (κ3) is 2.66. The predicted molar refractivity (Wildman–Crippen MR) is 75.5 cm³/mol. The molecular weight excluding hydrogens is 220 g/mol. The third-order valence-electron chi connectivity index (χ3n) is 5.52. The van der Waals surface area contributed by atoms with Crippen LogP contribution in [0.15, 0.2) is 12.7 Å². The van der Waals surface area contributed by atoms with Gasteiger partial charge in [-0.15, -0.1) is 6.58 Å². The van der Waals surface area contributed by atoms with Crippen molar-refractivity contribution in [3.05, 3.63) is 12.7 Å². The fourth-order valence-corrected chi connectivity index (χ4v) is 5.25. The van der Waals surface area contributed by atoms with Crippen molar-refractivity contribution >= 4 is 0 Å². The molecule has 4 aliphatic rings. The lowest BCUT2D eigenvalue weighted by Crippen LogP contribution is -2.48. The van der Waals surface area contributed by atoms with Gasteiger partial charge in [-0.25, -0.2) is 0 Å². The molecule has 0 unspecified atom stereocenters. The average molecular weight is 248 g/mol. The lowest BCUT2D eigenvalue weighted by Gasteiger charge is -2.56. The Morgan fingerprint density at radius 3 is 2.17 bits per heavy atom. The zero-order valence-corrected chi connectivity index (χ0v) is 11.7. The topological polar surface area (TPSA) is 9.23 Å². The van der Waals surface area contributed by atoms with Crippen LogP contribution in [0.5, 0.6) is 0 Å². The van der Waals surface area contributed by atoms with Gasteiger partial charge in [0.25, 0.3) is 0 Å². The van der Waals surface area contributed by atoms with E-state index < -0.39 is 0 Å². The minimum absolute atomic E-state index is 0.604. The van der Waals surface area contributed by atoms with Gasteiger partial charge in [0.05, 0.1) is 6.61 Å². The highest BCUT2D eigenvalue weighted by Crippen LogP contribution is 2.59. The summed E-state index contributed by atoms with van der Waals surface area (Å²) in [7, 11) is 0. The molecule has 0 N–H and O–H groups in total. The normalized spacial score (nSPS) is 41.2. The number of ether oxygens (including phenoxy) is 1. The number of rotatable bonds is 7. The Morgan fingerprint density at radius 1 is 1.00 bits per heavy atom. The molecule has 0 aromatic rings. The second kappa shape index (κ2) is 5.36. The molecule has 0 radical (unpaired) electrons. The van der Waals surface area contributed by atoms with Crippen LogP contribution in [0, 0.1) is 23.2 Å². The second-order valence-electron chi connectivity index (χ2n) is 7.25. The number of hydrogen-bond donors (Lipinski definition) is 0. The lowest BCUT2D eigenvalue weighted by molar-refractivity contribution is -0.0965. The molecule has 0 amide bonds. The van der Waals surface area contributed by atoms with Gasteiger partial charge in [0.2, 0.25) is 0 Å². The molecule has 1 nitrogen and oxygen atoms in total. The summed E-state index contributed by atoms with van der Waals surface area (Å²) in [6.07, 6.45) is 14.7. The Hall–Kier alpha value is -0.300. The smallest absolute Gasteiger partial charge is 0.0522 e. The Balaban J connectivity index is 1.43. The van der Waals surface area contributed by atoms with Crippen molar-refractivity contribution in [2.45, 2.75) is 57.8 Å². The largest absolute Gasteiger partial charge is 0.381 e. The van der Waals surface area contributed by atoms with Crippen LogP contribution in [0.1, 0.15) is 57.8 Å². The van der Waals surface area contributed by atoms with Crippen LogP contribution in [0.2, 0.25) is 0 Å². The highest BCUT2D eigenvalue weighted by atomic mass is 16.5. The first-order valence-corrected chi connectivity index (χ1v) is 7.98. The highest BCUT2D eigenvalue weighted by molar-refractivity contribution is 5.01. The Bertz CT molecular complexity index is 259. The van der Waals surface area contributed by atoms with Crippen LogP contribution < -0.4 is 0 Å². The molecule has 0 heterocycles. The van der Waals surface area contributed by atoms with Crippen molar-refractivity contribution in [2.24, 2.45) is 23.2 Å². The predicted octanol–water partition coefficient (Wildman–Crippen LogP) is 4.58. The molecule has 4 bridgehead atoms. The van der Waals surface area contributed by atoms with Crippen LogP contribution in [0.3, 0.4) is 0 Å². The maximum absolute atomic E-state index is 6.03. The molecule has 0 aromatic carbocycles. The summed E-state index contributed by atoms with van der Waals surface area (Å²) >= 11 is 0. The Kier molecular flexibility index (Phi) is 3.79. The van der Waals surface area contributed by atoms with Crippen molar-refractivity contribution in [2.75, 3.05) is 13.2 Å². The quantitative estimate of drug-likeness (QED) is 0.473. The molecule has 1 heteroatoms. The molecule has 0 spiro atoms. The molecular formula is C17H28O. The fourth-order valence-electron chi connectivity index (χ4n) is 5.25. The van der Waals surface area contributed by atoms with E-state index in [4.69, 9.17) is 4.74 Å². The molecule has 4 fully saturated rings. The summed E-state index contributed by atoms with van der Waals surface area (Å²) in [4.78, 5) is 0. The van der Waals surface area contributed by atoms with Crippen molar-refractivity contribution in [1.29, 1.82) is 0 Å². The molecule has 18 heavy (non-hydrogen) atoms. The fraction of sp³-hybridized carbons (Fsp3) is 0.882. The minimum Gasteiger partial charge on any atom is -0.381 e. The van der Waals surface area contributed by atoms with Crippen molar-refractivity contribution in [3.63, 3.8) is 0 Å². The van der Waals surface area contributed by atoms with Crippen LogP contribution in [-0.4, -0.2) is 13.2 Å². The monoisotopic (exact) mass is 248 g/mol. The van der Waals surface area contributed by atoms with Crippen molar-refractivity contribution in [3.8, 4) is 0 Å². The second-order valence-corrected chi connectivity index (χ2v) is 7.25. The minimum atomic E-state index is 0.604. The molecule has 4 rings (SSSR count). The summed E-state index contributed by atoms with van der Waals surface area (Å²) in [6.45, 7) is 5.79. The van der Waals surface area contributed by atoms with E-state index in [0.29, 0.717) is 5.41 Å². The van der Waals surface area contributed by atoms with E-state index in [2.05, 4.69) is 6.58 Å². The number of unbranched alkanes of at least 4 members (excludes halogenated alkanes) is 2. The van der Waals surface area contributed by atoms with Gasteiger partial charge in [0.15, 0.2) is 0 Å². The number of hydrogen-bond acceptors (Lipinski definition) is 1. The van der Waals surface area contributed by atoms with Crippen LogP contribution in [0.4, 0.5) is 0 Å². The first-order valence-electron chi connectivity index (χ1n) is 7.98. The van der Waals surface area contributed by atoms with Gasteiger partial charge in [-0.05, 0) is 81.0 Å². The van der Waals surface area contributed by atoms with Gasteiger partial charge in [-0.2, -0.15) is 0 Å². The van der Waals surface area contributed by atoms with Crippen LogP contribution in [-0.2, 0) is 4.74 Å². The summed E-state index contributed by atoms with van der Waals surface area (Å²) in [5, 5.41) is 0. The molecule has 0 saturated heterocycles. The summed E-state index contributed by atoms with van der Waals surface area (Å²) in [5.41, 5.74) is 0.604. The summed E-state index contributed by atoms with van der Waals surface area (Å²) < 4.78 is 6.03. The average Bonchev–Trinajstić information content (AvgIpc) is 2.32. The Labute approximate surface area is 112 Å². The van der Waals surface area contributed by atoms with Crippen LogP contribution in [0.25, 0.3) is 0 Å². The van der Waals surface area contributed by atoms with Gasteiger partial charge in [0, 0.05) is 6.61 Å². The van der Waals surface area contributed by atoms with Gasteiger partial charge in [-0.3, -0.25) is 0 Å². The molecule has 0 aliphatic heterocycles. The van der Waals surface area contributed by atoms with E-state index in [1.165, 1.54) is 51.4 Å². The van der Waals surface area contributed by atoms with Crippen molar-refractivity contribution < 1.29 is 4.74 Å². The first-order chi connectivity index (χ1) is 8.80. The summed E-state index contributed by atoms with van der Waals surface area (Å²) in [5.74, 6) is 3.17. The van der Waals surface area contributed by atoms with Gasteiger partial charge >= 0.3 is 0 Å². The van der Waals surface area contributed by atoms with E-state index in [0.717, 1.165) is 37.4 Å². The van der Waals surface area contributed by atoms with E-state index >= 15 is 0 Å². The van der Waals surface area contributed by atoms with Gasteiger partial charge < -0.3 is 4.74 Å². The summed E-state index contributed by atoms with van der Waals surface area (Å²) in [6, 6.07) is 0. The van der Waals surface area contributed by atoms with E-state index in [-0.39, 0.29) is 0 Å². The van der Waals surface area contributed by atoms with E-state index in [1.807, 2.05) is 6.08 Å². The highest BCUT2D eigenvalue weighted by Gasteiger charge is 2.50. The lowest BCUT2D eigenvalue weighted by atomic mass is 9.50. The molecule has 4 aliphatic carbocycles.